The lowest BCUT2D eigenvalue weighted by molar-refractivity contribution is -0.257. The largest absolute Gasteiger partial charge is 0.507 e. The summed E-state index contributed by atoms with van der Waals surface area (Å²) >= 11 is 0. The van der Waals surface area contributed by atoms with Crippen LogP contribution in [-0.2, 0) is 30.2 Å². The first-order valence-electron chi connectivity index (χ1n) is 21.0. The number of nitrogens with zero attached hydrogens (tertiary/aromatic N) is 1. The number of ketones is 3. The van der Waals surface area contributed by atoms with Crippen molar-refractivity contribution in [3.05, 3.63) is 122 Å². The van der Waals surface area contributed by atoms with Crippen molar-refractivity contribution in [1.29, 1.82) is 0 Å². The number of aromatic carboxylic acids is 2. The van der Waals surface area contributed by atoms with E-state index in [9.17, 15) is 63.5 Å². The first-order chi connectivity index (χ1) is 31.9. The van der Waals surface area contributed by atoms with Crippen LogP contribution in [0.4, 0.5) is 8.78 Å². The Hall–Kier alpha value is -7.13. The van der Waals surface area contributed by atoms with Gasteiger partial charge in [0.15, 0.2) is 18.7 Å². The van der Waals surface area contributed by atoms with Gasteiger partial charge in [-0.15, -0.1) is 0 Å². The fraction of sp³-hybridized carbons (Fsp3) is 0.340. The van der Waals surface area contributed by atoms with E-state index in [0.717, 1.165) is 49.2 Å². The minimum atomic E-state index is -2.68. The number of phenols is 2. The van der Waals surface area contributed by atoms with E-state index >= 15 is 4.39 Å². The van der Waals surface area contributed by atoms with Gasteiger partial charge in [-0.3, -0.25) is 19.3 Å². The number of hydrogen-bond donors (Lipinski definition) is 5. The Balaban J connectivity index is 1.16. The number of likely N-dealkylation sites (tertiary alicyclic amines) is 1. The predicted molar refractivity (Wildman–Crippen MR) is 221 cm³/mol. The number of rotatable bonds is 12. The zero-order valence-corrected chi connectivity index (χ0v) is 35.6. The Bertz CT molecular complexity index is 2790. The number of fused-ring (bicyclic) bond motifs is 3. The number of carboxylic acids is 2. The number of phenolic OH excluding ortho intramolecular Hbond substituents is 2. The number of methoxy groups -OCH3 is 1. The number of carbonyl (C=O) groups excluding carboxylic acids is 5. The molecule has 0 amide bonds. The summed E-state index contributed by atoms with van der Waals surface area (Å²) in [5, 5.41) is 55.5. The SMILES string of the molecule is COc1cccc2c1C(=O)c1c(O)c3c(c(O)c1C2=O)C[C@@](O)(C(=O)COC(=O)c1c(F)cccc1C(=O)O)C[C@@H]3O[C@H]1C[C@H](N2CCCC2)[C@H](OC(=O)c2c(F)cccc2C(=O)O)[C@H](C)O1. The minimum Gasteiger partial charge on any atom is -0.507 e. The molecule has 0 aromatic heterocycles. The molecule has 0 bridgehead atoms. The third-order valence-corrected chi connectivity index (χ3v) is 12.6. The van der Waals surface area contributed by atoms with Crippen molar-refractivity contribution < 1.29 is 91.6 Å². The van der Waals surface area contributed by atoms with Crippen molar-refractivity contribution >= 4 is 41.2 Å². The number of Topliss-reactive ketones (excluding diaryl/α,β-unsaturated/α-hetero) is 1. The Kier molecular flexibility index (Phi) is 12.4. The van der Waals surface area contributed by atoms with Crippen LogP contribution in [0.25, 0.3) is 0 Å². The summed E-state index contributed by atoms with van der Waals surface area (Å²) in [5.41, 5.74) is -8.36. The third kappa shape index (κ3) is 8.15. The minimum absolute atomic E-state index is 0.0201. The number of aliphatic hydroxyl groups is 1. The second-order valence-electron chi connectivity index (χ2n) is 16.5. The molecule has 2 aliphatic heterocycles. The van der Waals surface area contributed by atoms with E-state index in [1.165, 1.54) is 32.2 Å². The number of carboxylic acid groups (broad SMARTS) is 2. The van der Waals surface area contributed by atoms with Crippen LogP contribution >= 0.6 is 0 Å². The van der Waals surface area contributed by atoms with Crippen LogP contribution in [0.5, 0.6) is 17.2 Å². The maximum atomic E-state index is 15.0. The monoisotopic (exact) mass is 929 g/mol. The summed E-state index contributed by atoms with van der Waals surface area (Å²) < 4.78 is 58.6. The average molecular weight is 930 g/mol. The highest BCUT2D eigenvalue weighted by Crippen LogP contribution is 2.53. The number of ether oxygens (including phenoxy) is 5. The molecule has 350 valence electrons. The van der Waals surface area contributed by atoms with Crippen LogP contribution in [0, 0.1) is 11.6 Å². The summed E-state index contributed by atoms with van der Waals surface area (Å²) in [6.45, 7) is 1.22. The molecule has 6 atom stereocenters. The second-order valence-corrected chi connectivity index (χ2v) is 16.5. The molecule has 8 rings (SSSR count). The lowest BCUT2D eigenvalue weighted by Crippen LogP contribution is -2.57. The van der Waals surface area contributed by atoms with Gasteiger partial charge in [0.2, 0.25) is 11.6 Å². The number of halogens is 2. The number of esters is 2. The lowest BCUT2D eigenvalue weighted by Gasteiger charge is -2.45. The molecule has 0 unspecified atom stereocenters. The van der Waals surface area contributed by atoms with Crippen LogP contribution in [0.3, 0.4) is 0 Å². The molecular weight excluding hydrogens is 889 g/mol. The number of hydrogen-bond acceptors (Lipinski definition) is 16. The quantitative estimate of drug-likeness (QED) is 0.0849. The second kappa shape index (κ2) is 17.9. The average Bonchev–Trinajstić information content (AvgIpc) is 3.83. The van der Waals surface area contributed by atoms with E-state index in [1.54, 1.807) is 0 Å². The fourth-order valence-corrected chi connectivity index (χ4v) is 9.48. The third-order valence-electron chi connectivity index (χ3n) is 12.6. The molecule has 4 aromatic rings. The highest BCUT2D eigenvalue weighted by molar-refractivity contribution is 6.31. The molecule has 0 saturated carbocycles. The molecular formula is C47H41F2NO17. The summed E-state index contributed by atoms with van der Waals surface area (Å²) in [4.78, 5) is 94.6. The van der Waals surface area contributed by atoms with Gasteiger partial charge in [0.05, 0.1) is 53.2 Å². The summed E-state index contributed by atoms with van der Waals surface area (Å²) in [6, 6.07) is 9.23. The topological polar surface area (TPSA) is 270 Å². The van der Waals surface area contributed by atoms with Crippen LogP contribution in [0.1, 0.15) is 123 Å². The van der Waals surface area contributed by atoms with Gasteiger partial charge in [0.25, 0.3) is 0 Å². The fourth-order valence-electron chi connectivity index (χ4n) is 9.48. The Morgan fingerprint density at radius 3 is 2.03 bits per heavy atom. The van der Waals surface area contributed by atoms with Gasteiger partial charge < -0.3 is 49.2 Å². The van der Waals surface area contributed by atoms with Crippen LogP contribution < -0.4 is 4.74 Å². The van der Waals surface area contributed by atoms with Crippen molar-refractivity contribution in [2.75, 3.05) is 26.8 Å². The Morgan fingerprint density at radius 1 is 0.821 bits per heavy atom. The summed E-state index contributed by atoms with van der Waals surface area (Å²) in [5.74, 6) is -13.4. The van der Waals surface area contributed by atoms with Gasteiger partial charge in [-0.25, -0.2) is 28.0 Å². The van der Waals surface area contributed by atoms with Crippen molar-refractivity contribution in [3.63, 3.8) is 0 Å². The van der Waals surface area contributed by atoms with Gasteiger partial charge in [-0.2, -0.15) is 0 Å². The van der Waals surface area contributed by atoms with Crippen LogP contribution in [0.2, 0.25) is 0 Å². The summed E-state index contributed by atoms with van der Waals surface area (Å²) in [6.07, 6.45) is -5.64. The van der Waals surface area contributed by atoms with E-state index in [1.807, 2.05) is 4.90 Å². The smallest absolute Gasteiger partial charge is 0.342 e. The zero-order valence-electron chi connectivity index (χ0n) is 35.6. The highest BCUT2D eigenvalue weighted by Gasteiger charge is 2.52. The van der Waals surface area contributed by atoms with Gasteiger partial charge in [0, 0.05) is 36.0 Å². The molecule has 5 N–H and O–H groups in total. The highest BCUT2D eigenvalue weighted by atomic mass is 19.1. The molecule has 4 aromatic carbocycles. The van der Waals surface area contributed by atoms with Crippen molar-refractivity contribution in [1.82, 2.24) is 4.90 Å². The maximum absolute atomic E-state index is 15.0. The van der Waals surface area contributed by atoms with Crippen molar-refractivity contribution in [2.45, 2.75) is 75.3 Å². The van der Waals surface area contributed by atoms with Gasteiger partial charge in [-0.05, 0) is 63.2 Å². The lowest BCUT2D eigenvalue weighted by atomic mass is 9.72. The molecule has 0 radical (unpaired) electrons. The normalized spacial score (nSPS) is 23.4. The summed E-state index contributed by atoms with van der Waals surface area (Å²) in [7, 11) is 1.26. The zero-order chi connectivity index (χ0) is 48.2. The molecule has 2 aliphatic carbocycles. The molecule has 20 heteroatoms. The van der Waals surface area contributed by atoms with Crippen molar-refractivity contribution in [2.24, 2.45) is 0 Å². The molecule has 67 heavy (non-hydrogen) atoms. The van der Waals surface area contributed by atoms with Gasteiger partial charge >= 0.3 is 23.9 Å². The van der Waals surface area contributed by atoms with Crippen molar-refractivity contribution in [3.8, 4) is 17.2 Å². The maximum Gasteiger partial charge on any atom is 0.342 e. The Labute approximate surface area is 378 Å². The molecule has 2 fully saturated rings. The molecule has 4 aliphatic rings. The standard InChI is InChI=1S/C47H41F2NO17/c1-20-42(67-46(61)33-23(44(58)59)10-6-12-26(33)49)27(50-14-3-4-15-50)16-31(65-20)66-29-18-47(62,30(51)19-64-45(60)32-22(43(56)57)9-5-11-25(32)48)17-24-35(29)41(55)37-36(39(24)53)38(52)21-8-7-13-28(63-2)34(21)40(37)54/h5-13,20,27,29,31,42,53,55,62H,3-4,14-19H2,1-2H3,(H,56,57)(H,58,59)/t20-,27-,29-,31-,42+,47-/m0/s1. The number of carbonyl (C=O) groups is 7. The van der Waals surface area contributed by atoms with E-state index in [2.05, 4.69) is 0 Å². The predicted octanol–water partition coefficient (Wildman–Crippen LogP) is 4.54. The van der Waals surface area contributed by atoms with Gasteiger partial charge in [-0.1, -0.05) is 24.3 Å². The van der Waals surface area contributed by atoms with Crippen LogP contribution in [-0.4, -0.2) is 129 Å². The van der Waals surface area contributed by atoms with E-state index in [0.29, 0.717) is 13.1 Å². The Morgan fingerprint density at radius 2 is 1.42 bits per heavy atom. The molecule has 2 heterocycles. The number of benzene rings is 4. The van der Waals surface area contributed by atoms with Crippen LogP contribution in [0.15, 0.2) is 54.6 Å². The first kappa shape index (κ1) is 46.4. The molecule has 0 spiro atoms. The number of aromatic hydroxyl groups is 2. The van der Waals surface area contributed by atoms with E-state index < -0.39 is 159 Å². The van der Waals surface area contributed by atoms with Gasteiger partial charge in [0.1, 0.15) is 51.7 Å². The molecule has 2 saturated heterocycles. The van der Waals surface area contributed by atoms with E-state index in [4.69, 9.17) is 23.7 Å². The van der Waals surface area contributed by atoms with E-state index in [-0.39, 0.29) is 28.9 Å². The first-order valence-corrected chi connectivity index (χ1v) is 21.0. The molecule has 18 nitrogen and oxygen atoms in total.